The standard InChI is InChI=1S/C25H36N8/c1-6-32(7-2)24-21-22(28-25(29-24)33-15-13-20(14-16-33)30(3)4)23(27-18-26-21)31(5)17-19-11-9-8-10-12-19/h8-12,18,20H,6-7,13-17H2,1-5H3. The van der Waals surface area contributed by atoms with Gasteiger partial charge in [0.25, 0.3) is 0 Å². The first-order chi connectivity index (χ1) is 16.0. The molecule has 0 unspecified atom stereocenters. The van der Waals surface area contributed by atoms with E-state index in [0.717, 1.165) is 74.2 Å². The third-order valence-corrected chi connectivity index (χ3v) is 6.60. The summed E-state index contributed by atoms with van der Waals surface area (Å²) in [6, 6.07) is 11.1. The van der Waals surface area contributed by atoms with Crippen LogP contribution in [0.15, 0.2) is 36.7 Å². The Morgan fingerprint density at radius 3 is 2.21 bits per heavy atom. The molecule has 1 fully saturated rings. The zero-order chi connectivity index (χ0) is 23.4. The molecule has 0 atom stereocenters. The zero-order valence-electron chi connectivity index (χ0n) is 20.6. The lowest BCUT2D eigenvalue weighted by molar-refractivity contribution is 0.249. The Bertz CT molecular complexity index is 1040. The molecule has 0 saturated carbocycles. The molecule has 0 spiro atoms. The second-order valence-electron chi connectivity index (χ2n) is 8.94. The van der Waals surface area contributed by atoms with Crippen molar-refractivity contribution in [1.29, 1.82) is 0 Å². The minimum atomic E-state index is 0.611. The Kier molecular flexibility index (Phi) is 7.23. The Morgan fingerprint density at radius 2 is 1.58 bits per heavy atom. The molecule has 33 heavy (non-hydrogen) atoms. The highest BCUT2D eigenvalue weighted by molar-refractivity contribution is 5.93. The molecule has 3 heterocycles. The third kappa shape index (κ3) is 5.00. The maximum Gasteiger partial charge on any atom is 0.228 e. The second kappa shape index (κ2) is 10.3. The quantitative estimate of drug-likeness (QED) is 0.519. The van der Waals surface area contributed by atoms with Crippen molar-refractivity contribution in [3.05, 3.63) is 42.2 Å². The van der Waals surface area contributed by atoms with Gasteiger partial charge < -0.3 is 19.6 Å². The molecule has 176 valence electrons. The van der Waals surface area contributed by atoms with Gasteiger partial charge in [0.05, 0.1) is 0 Å². The molecule has 2 aromatic heterocycles. The highest BCUT2D eigenvalue weighted by Gasteiger charge is 2.25. The third-order valence-electron chi connectivity index (χ3n) is 6.60. The van der Waals surface area contributed by atoms with Gasteiger partial charge in [-0.2, -0.15) is 4.98 Å². The lowest BCUT2D eigenvalue weighted by Crippen LogP contribution is -2.42. The van der Waals surface area contributed by atoms with E-state index in [-0.39, 0.29) is 0 Å². The van der Waals surface area contributed by atoms with Crippen molar-refractivity contribution < 1.29 is 0 Å². The minimum Gasteiger partial charge on any atom is -0.355 e. The van der Waals surface area contributed by atoms with E-state index in [1.807, 2.05) is 6.07 Å². The van der Waals surface area contributed by atoms with Gasteiger partial charge in [-0.05, 0) is 46.3 Å². The smallest absolute Gasteiger partial charge is 0.228 e. The maximum absolute atomic E-state index is 5.05. The predicted octanol–water partition coefficient (Wildman–Crippen LogP) is 3.43. The van der Waals surface area contributed by atoms with Crippen molar-refractivity contribution in [1.82, 2.24) is 24.8 Å². The summed E-state index contributed by atoms with van der Waals surface area (Å²) >= 11 is 0. The zero-order valence-corrected chi connectivity index (χ0v) is 20.6. The van der Waals surface area contributed by atoms with Gasteiger partial charge in [-0.25, -0.2) is 15.0 Å². The molecule has 1 aromatic carbocycles. The molecule has 1 saturated heterocycles. The van der Waals surface area contributed by atoms with Gasteiger partial charge in [0.2, 0.25) is 5.95 Å². The van der Waals surface area contributed by atoms with E-state index in [9.17, 15) is 0 Å². The van der Waals surface area contributed by atoms with E-state index < -0.39 is 0 Å². The summed E-state index contributed by atoms with van der Waals surface area (Å²) < 4.78 is 0. The fourth-order valence-electron chi connectivity index (χ4n) is 4.59. The second-order valence-corrected chi connectivity index (χ2v) is 8.94. The highest BCUT2D eigenvalue weighted by Crippen LogP contribution is 2.31. The molecule has 4 rings (SSSR count). The van der Waals surface area contributed by atoms with Crippen LogP contribution in [0.5, 0.6) is 0 Å². The van der Waals surface area contributed by atoms with E-state index >= 15 is 0 Å². The molecule has 0 radical (unpaired) electrons. The van der Waals surface area contributed by atoms with Crippen LogP contribution in [-0.2, 0) is 6.54 Å². The van der Waals surface area contributed by atoms with Crippen molar-refractivity contribution in [3.8, 4) is 0 Å². The number of fused-ring (bicyclic) bond motifs is 1. The molecule has 1 aliphatic rings. The fraction of sp³-hybridized carbons (Fsp3) is 0.520. The van der Waals surface area contributed by atoms with Gasteiger partial charge in [-0.15, -0.1) is 0 Å². The number of benzene rings is 1. The number of piperidine rings is 1. The van der Waals surface area contributed by atoms with Gasteiger partial charge in [0, 0.05) is 45.8 Å². The first kappa shape index (κ1) is 23.2. The summed E-state index contributed by atoms with van der Waals surface area (Å²) in [5, 5.41) is 0. The van der Waals surface area contributed by atoms with Gasteiger partial charge in [0.15, 0.2) is 11.6 Å². The minimum absolute atomic E-state index is 0.611. The molecule has 0 amide bonds. The average molecular weight is 449 g/mol. The molecular weight excluding hydrogens is 412 g/mol. The number of rotatable bonds is 8. The lowest BCUT2D eigenvalue weighted by Gasteiger charge is -2.35. The summed E-state index contributed by atoms with van der Waals surface area (Å²) in [6.45, 7) is 8.70. The van der Waals surface area contributed by atoms with Gasteiger partial charge in [-0.3, -0.25) is 0 Å². The average Bonchev–Trinajstić information content (AvgIpc) is 2.85. The van der Waals surface area contributed by atoms with Gasteiger partial charge in [0.1, 0.15) is 17.4 Å². The molecule has 3 aromatic rings. The van der Waals surface area contributed by atoms with Gasteiger partial charge >= 0.3 is 0 Å². The van der Waals surface area contributed by atoms with Gasteiger partial charge in [-0.1, -0.05) is 30.3 Å². The van der Waals surface area contributed by atoms with E-state index in [1.54, 1.807) is 6.33 Å². The Labute approximate surface area is 197 Å². The number of hydrogen-bond acceptors (Lipinski definition) is 8. The monoisotopic (exact) mass is 448 g/mol. The summed E-state index contributed by atoms with van der Waals surface area (Å²) in [7, 11) is 6.39. The normalized spacial score (nSPS) is 14.8. The molecule has 0 N–H and O–H groups in total. The van der Waals surface area contributed by atoms with Crippen LogP contribution in [0.3, 0.4) is 0 Å². The molecule has 8 nitrogen and oxygen atoms in total. The molecule has 0 bridgehead atoms. The lowest BCUT2D eigenvalue weighted by atomic mass is 10.0. The highest BCUT2D eigenvalue weighted by atomic mass is 15.3. The van der Waals surface area contributed by atoms with Crippen molar-refractivity contribution in [2.75, 3.05) is 62.0 Å². The summed E-state index contributed by atoms with van der Waals surface area (Å²) in [6.07, 6.45) is 3.86. The predicted molar refractivity (Wildman–Crippen MR) is 136 cm³/mol. The maximum atomic E-state index is 5.05. The Hall–Kier alpha value is -3.00. The van der Waals surface area contributed by atoms with Crippen LogP contribution >= 0.6 is 0 Å². The first-order valence-electron chi connectivity index (χ1n) is 12.0. The van der Waals surface area contributed by atoms with E-state index in [1.165, 1.54) is 5.56 Å². The van der Waals surface area contributed by atoms with Crippen LogP contribution in [0.2, 0.25) is 0 Å². The first-order valence-corrected chi connectivity index (χ1v) is 12.0. The number of anilines is 3. The van der Waals surface area contributed by atoms with Crippen LogP contribution < -0.4 is 14.7 Å². The van der Waals surface area contributed by atoms with E-state index in [4.69, 9.17) is 9.97 Å². The van der Waals surface area contributed by atoms with Crippen LogP contribution in [0.4, 0.5) is 17.6 Å². The molecular formula is C25H36N8. The summed E-state index contributed by atoms with van der Waals surface area (Å²) in [4.78, 5) is 28.4. The number of nitrogens with zero attached hydrogens (tertiary/aromatic N) is 8. The Balaban J connectivity index is 1.75. The summed E-state index contributed by atoms with van der Waals surface area (Å²) in [5.41, 5.74) is 2.86. The van der Waals surface area contributed by atoms with E-state index in [0.29, 0.717) is 6.04 Å². The van der Waals surface area contributed by atoms with Crippen LogP contribution in [-0.4, -0.2) is 78.2 Å². The van der Waals surface area contributed by atoms with Crippen molar-refractivity contribution in [2.24, 2.45) is 0 Å². The SMILES string of the molecule is CCN(CC)c1nc(N2CCC(N(C)C)CC2)nc2c(N(C)Cc3ccccc3)ncnc12. The van der Waals surface area contributed by atoms with Crippen LogP contribution in [0.25, 0.3) is 11.0 Å². The molecule has 8 heteroatoms. The molecule has 0 aliphatic carbocycles. The van der Waals surface area contributed by atoms with Crippen molar-refractivity contribution in [3.63, 3.8) is 0 Å². The van der Waals surface area contributed by atoms with Crippen molar-refractivity contribution in [2.45, 2.75) is 39.3 Å². The van der Waals surface area contributed by atoms with E-state index in [2.05, 4.69) is 88.8 Å². The fourth-order valence-corrected chi connectivity index (χ4v) is 4.59. The van der Waals surface area contributed by atoms with Crippen molar-refractivity contribution >= 4 is 28.6 Å². The number of hydrogen-bond donors (Lipinski definition) is 0. The summed E-state index contributed by atoms with van der Waals surface area (Å²) in [5.74, 6) is 2.52. The number of aromatic nitrogens is 4. The van der Waals surface area contributed by atoms with Crippen LogP contribution in [0.1, 0.15) is 32.3 Å². The molecule has 1 aliphatic heterocycles. The largest absolute Gasteiger partial charge is 0.355 e. The topological polar surface area (TPSA) is 64.5 Å². The van der Waals surface area contributed by atoms with Crippen LogP contribution in [0, 0.1) is 0 Å². The Morgan fingerprint density at radius 1 is 0.879 bits per heavy atom.